The van der Waals surface area contributed by atoms with E-state index in [0.29, 0.717) is 31.8 Å². The van der Waals surface area contributed by atoms with E-state index in [0.717, 1.165) is 19.3 Å². The van der Waals surface area contributed by atoms with Crippen molar-refractivity contribution in [1.82, 2.24) is 9.21 Å². The Morgan fingerprint density at radius 2 is 1.83 bits per heavy atom. The lowest BCUT2D eigenvalue weighted by Gasteiger charge is -2.27. The summed E-state index contributed by atoms with van der Waals surface area (Å²) < 4.78 is 55.7. The third kappa shape index (κ3) is 5.29. The van der Waals surface area contributed by atoms with E-state index in [2.05, 4.69) is 0 Å². The van der Waals surface area contributed by atoms with Crippen molar-refractivity contribution in [3.8, 4) is 5.75 Å². The van der Waals surface area contributed by atoms with Crippen LogP contribution in [0, 0.1) is 0 Å². The molecule has 1 unspecified atom stereocenters. The fourth-order valence-corrected chi connectivity index (χ4v) is 7.10. The van der Waals surface area contributed by atoms with Crippen molar-refractivity contribution in [3.05, 3.63) is 24.3 Å². The molecule has 1 atom stereocenters. The lowest BCUT2D eigenvalue weighted by Crippen LogP contribution is -2.43. The molecule has 2 heterocycles. The number of nitrogens with zero attached hydrogens (tertiary/aromatic N) is 2. The number of likely N-dealkylation sites (N-methyl/N-ethyl adjacent to an activating group) is 1. The van der Waals surface area contributed by atoms with Crippen LogP contribution in [0.4, 0.5) is 0 Å². The molecule has 0 saturated carbocycles. The summed E-state index contributed by atoms with van der Waals surface area (Å²) >= 11 is 0. The molecule has 1 aromatic rings. The Hall–Kier alpha value is -1.65. The number of carbonyl (C=O) groups is 1. The maximum Gasteiger partial charge on any atom is 0.260 e. The van der Waals surface area contributed by atoms with Gasteiger partial charge in [-0.3, -0.25) is 4.79 Å². The van der Waals surface area contributed by atoms with Crippen LogP contribution in [0.15, 0.2) is 29.2 Å². The predicted octanol–water partition coefficient (Wildman–Crippen LogP) is 1.28. The highest BCUT2D eigenvalue weighted by Gasteiger charge is 2.34. The van der Waals surface area contributed by atoms with Gasteiger partial charge >= 0.3 is 0 Å². The molecule has 0 aliphatic carbocycles. The van der Waals surface area contributed by atoms with Crippen molar-refractivity contribution >= 4 is 25.8 Å². The number of benzene rings is 1. The van der Waals surface area contributed by atoms with E-state index < -0.39 is 19.9 Å². The number of sulfonamides is 1. The molecule has 2 saturated heterocycles. The molecule has 0 spiro atoms. The summed E-state index contributed by atoms with van der Waals surface area (Å²) in [5.41, 5.74) is 0. The molecule has 0 bridgehead atoms. The van der Waals surface area contributed by atoms with Gasteiger partial charge in [0.05, 0.1) is 16.4 Å². The maximum absolute atomic E-state index is 12.7. The van der Waals surface area contributed by atoms with E-state index in [-0.39, 0.29) is 35.0 Å². The second-order valence-corrected chi connectivity index (χ2v) is 11.6. The summed E-state index contributed by atoms with van der Waals surface area (Å²) in [5.74, 6) is 0.218. The van der Waals surface area contributed by atoms with Gasteiger partial charge in [-0.2, -0.15) is 4.31 Å². The molecule has 162 valence electrons. The Labute approximate surface area is 172 Å². The van der Waals surface area contributed by atoms with E-state index in [4.69, 9.17) is 4.74 Å². The van der Waals surface area contributed by atoms with Crippen LogP contribution in [0.2, 0.25) is 0 Å². The van der Waals surface area contributed by atoms with Crippen molar-refractivity contribution < 1.29 is 26.4 Å². The lowest BCUT2D eigenvalue weighted by molar-refractivity contribution is -0.135. The molecule has 2 aliphatic rings. The smallest absolute Gasteiger partial charge is 0.260 e. The average molecular weight is 445 g/mol. The lowest BCUT2D eigenvalue weighted by atomic mass is 10.2. The Morgan fingerprint density at radius 1 is 1.17 bits per heavy atom. The number of amides is 1. The first-order valence-electron chi connectivity index (χ1n) is 9.96. The highest BCUT2D eigenvalue weighted by molar-refractivity contribution is 7.91. The summed E-state index contributed by atoms with van der Waals surface area (Å²) in [4.78, 5) is 14.2. The zero-order chi connectivity index (χ0) is 21.1. The minimum Gasteiger partial charge on any atom is -0.484 e. The summed E-state index contributed by atoms with van der Waals surface area (Å²) in [6, 6.07) is 5.76. The molecule has 2 fully saturated rings. The van der Waals surface area contributed by atoms with Gasteiger partial charge in [-0.25, -0.2) is 16.8 Å². The summed E-state index contributed by atoms with van der Waals surface area (Å²) in [7, 11) is -6.58. The standard InChI is InChI=1S/C19H28N2O6S2/c1-2-21(16-10-13-28(23,24)15-16)19(22)14-27-17-6-8-18(9-7-17)29(25,26)20-11-4-3-5-12-20/h6-9,16H,2-5,10-15H2,1H3. The van der Waals surface area contributed by atoms with E-state index in [9.17, 15) is 21.6 Å². The van der Waals surface area contributed by atoms with Crippen molar-refractivity contribution in [1.29, 1.82) is 0 Å². The average Bonchev–Trinajstić information content (AvgIpc) is 3.07. The van der Waals surface area contributed by atoms with Crippen LogP contribution in [0.3, 0.4) is 0 Å². The van der Waals surface area contributed by atoms with Crippen LogP contribution in [0.1, 0.15) is 32.6 Å². The van der Waals surface area contributed by atoms with Gasteiger partial charge in [-0.1, -0.05) is 6.42 Å². The first kappa shape index (κ1) is 22.0. The third-order valence-corrected chi connectivity index (χ3v) is 9.11. The molecule has 2 aliphatic heterocycles. The van der Waals surface area contributed by atoms with Crippen molar-refractivity contribution in [2.75, 3.05) is 37.7 Å². The number of rotatable bonds is 7. The monoisotopic (exact) mass is 444 g/mol. The number of hydrogen-bond acceptors (Lipinski definition) is 6. The maximum atomic E-state index is 12.7. The minimum atomic E-state index is -3.50. The van der Waals surface area contributed by atoms with E-state index >= 15 is 0 Å². The fraction of sp³-hybridized carbons (Fsp3) is 0.632. The molecule has 0 radical (unpaired) electrons. The Balaban J connectivity index is 1.59. The Kier molecular flexibility index (Phi) is 6.85. The molecule has 8 nitrogen and oxygen atoms in total. The SMILES string of the molecule is CCN(C(=O)COc1ccc(S(=O)(=O)N2CCCCC2)cc1)C1CCS(=O)(=O)C1. The van der Waals surface area contributed by atoms with Crippen LogP contribution < -0.4 is 4.74 Å². The van der Waals surface area contributed by atoms with Crippen molar-refractivity contribution in [2.45, 2.75) is 43.5 Å². The van der Waals surface area contributed by atoms with Gasteiger partial charge in [0, 0.05) is 25.7 Å². The molecule has 0 N–H and O–H groups in total. The topological polar surface area (TPSA) is 101 Å². The van der Waals surface area contributed by atoms with Gasteiger partial charge in [0.1, 0.15) is 5.75 Å². The van der Waals surface area contributed by atoms with Gasteiger partial charge in [-0.05, 0) is 50.5 Å². The quantitative estimate of drug-likeness (QED) is 0.628. The van der Waals surface area contributed by atoms with Crippen molar-refractivity contribution in [2.24, 2.45) is 0 Å². The van der Waals surface area contributed by atoms with Gasteiger partial charge in [0.15, 0.2) is 16.4 Å². The number of hydrogen-bond donors (Lipinski definition) is 0. The van der Waals surface area contributed by atoms with E-state index in [1.54, 1.807) is 17.0 Å². The van der Waals surface area contributed by atoms with E-state index in [1.165, 1.54) is 16.4 Å². The molecule has 0 aromatic heterocycles. The second kappa shape index (κ2) is 9.01. The summed E-state index contributed by atoms with van der Waals surface area (Å²) in [6.07, 6.45) is 3.25. The van der Waals surface area contributed by atoms with E-state index in [1.807, 2.05) is 6.92 Å². The highest BCUT2D eigenvalue weighted by Crippen LogP contribution is 2.23. The molecule has 1 aromatic carbocycles. The van der Waals surface area contributed by atoms with Crippen LogP contribution >= 0.6 is 0 Å². The first-order valence-corrected chi connectivity index (χ1v) is 13.2. The third-order valence-electron chi connectivity index (χ3n) is 5.45. The van der Waals surface area contributed by atoms with Crippen LogP contribution in [-0.2, 0) is 24.7 Å². The number of sulfone groups is 1. The van der Waals surface area contributed by atoms with Gasteiger partial charge < -0.3 is 9.64 Å². The molecular formula is C19H28N2O6S2. The van der Waals surface area contributed by atoms with Crippen LogP contribution in [0.25, 0.3) is 0 Å². The molecule has 3 rings (SSSR count). The van der Waals surface area contributed by atoms with Gasteiger partial charge in [0.25, 0.3) is 5.91 Å². The Bertz CT molecular complexity index is 922. The number of ether oxygens (including phenoxy) is 1. The Morgan fingerprint density at radius 3 is 2.38 bits per heavy atom. The van der Waals surface area contributed by atoms with Crippen LogP contribution in [0.5, 0.6) is 5.75 Å². The van der Waals surface area contributed by atoms with Gasteiger partial charge in [0.2, 0.25) is 10.0 Å². The fourth-order valence-electron chi connectivity index (χ4n) is 3.85. The predicted molar refractivity (Wildman–Crippen MR) is 109 cm³/mol. The summed E-state index contributed by atoms with van der Waals surface area (Å²) in [5, 5.41) is 0. The largest absolute Gasteiger partial charge is 0.484 e. The number of piperidine rings is 1. The highest BCUT2D eigenvalue weighted by atomic mass is 32.2. The zero-order valence-electron chi connectivity index (χ0n) is 16.6. The second-order valence-electron chi connectivity index (χ2n) is 7.46. The van der Waals surface area contributed by atoms with Crippen LogP contribution in [-0.4, -0.2) is 75.7 Å². The summed E-state index contributed by atoms with van der Waals surface area (Å²) in [6.45, 7) is 3.08. The normalized spacial score (nSPS) is 22.3. The van der Waals surface area contributed by atoms with Gasteiger partial charge in [-0.15, -0.1) is 0 Å². The molecule has 29 heavy (non-hydrogen) atoms. The molecule has 1 amide bonds. The number of carbonyl (C=O) groups excluding carboxylic acids is 1. The minimum absolute atomic E-state index is 0.00433. The molecular weight excluding hydrogens is 416 g/mol. The molecule has 10 heteroatoms. The first-order chi connectivity index (χ1) is 13.7. The zero-order valence-corrected chi connectivity index (χ0v) is 18.3. The van der Waals surface area contributed by atoms with Crippen molar-refractivity contribution in [3.63, 3.8) is 0 Å².